The Bertz CT molecular complexity index is 2960. The standard InChI is InChI=1S/C32H50BN3O6.C26H37N3O4.C12H23BN2O4.2CH4/c1-23(37)34-32(26(38)35-28(2,3)4)22-31(17-13-19-36(31)27(39)40-21-24-14-10-9-11-15-24)20-25(32)16-12-18-33-41-29(5,6)30(7,8)42-33;1-6-11-21-16-25(18-26(21,27-19(2)30)22(31)28-24(3,4)5)14-10-15-29(25)23(32)33-17-20-12-8-7-9-13-20;14-12(10(16)17)8-11(4-2-6-15-11)7-9(12)3-1-5-13(18)19;;/h9-11,14-15,25H,12-13,16-22H2,1-8H3,(H,34,37)(H,35,38);6-9,12-13,21H,1,10-11,14-18H2,2-5H3,(H,27,30)(H,28,31);9,15,18-19H,1-8,14H2,(H,16,17);2*1H4. The summed E-state index contributed by atoms with van der Waals surface area (Å²) in [5.74, 6) is -2.34. The molecule has 0 radical (unpaired) electrons. The molecule has 4 aliphatic heterocycles. The number of hydrogen-bond donors (Lipinski definition) is 9. The lowest BCUT2D eigenvalue weighted by atomic mass is 9.77. The molecule has 7 aliphatic rings. The Hall–Kier alpha value is -6.04. The van der Waals surface area contributed by atoms with Gasteiger partial charge in [-0.25, -0.2) is 9.59 Å². The number of amides is 6. The lowest BCUT2D eigenvalue weighted by Crippen LogP contribution is -2.64. The third-order valence-electron chi connectivity index (χ3n) is 21.0. The van der Waals surface area contributed by atoms with E-state index >= 15 is 0 Å². The molecular formula is C72H118B2N8O14. The fraction of sp³-hybridized carbons (Fsp3) is 0.708. The zero-order valence-electron chi connectivity index (χ0n) is 58.2. The number of carboxylic acids is 1. The fourth-order valence-corrected chi connectivity index (χ4v) is 16.3. The number of carboxylic acid groups (broad SMARTS) is 1. The van der Waals surface area contributed by atoms with E-state index in [2.05, 4.69) is 33.2 Å². The van der Waals surface area contributed by atoms with E-state index in [0.717, 1.165) is 69.0 Å². The number of benzene rings is 2. The van der Waals surface area contributed by atoms with Crippen LogP contribution >= 0.6 is 0 Å². The average molecular weight is 1340 g/mol. The molecular weight excluding hydrogens is 1220 g/mol. The second-order valence-electron chi connectivity index (χ2n) is 31.2. The molecule has 4 saturated heterocycles. The Balaban J connectivity index is 0.000000275. The van der Waals surface area contributed by atoms with E-state index in [1.807, 2.05) is 135 Å². The maximum absolute atomic E-state index is 14.1. The second-order valence-corrected chi connectivity index (χ2v) is 31.2. The number of nitrogens with two attached hydrogens (primary N) is 1. The molecule has 9 unspecified atom stereocenters. The van der Waals surface area contributed by atoms with Crippen LogP contribution in [0.25, 0.3) is 0 Å². The average Bonchev–Trinajstić information content (AvgIpc) is 1.54. The third-order valence-corrected chi connectivity index (χ3v) is 21.0. The number of nitrogens with zero attached hydrogens (tertiary/aromatic N) is 2. The van der Waals surface area contributed by atoms with Gasteiger partial charge in [-0.3, -0.25) is 24.0 Å². The number of rotatable bonds is 19. The Kier molecular flexibility index (Phi) is 27.1. The van der Waals surface area contributed by atoms with Crippen molar-refractivity contribution < 1.29 is 67.5 Å². The van der Waals surface area contributed by atoms with Crippen molar-refractivity contribution in [2.45, 2.75) is 288 Å². The molecule has 3 saturated carbocycles. The third kappa shape index (κ3) is 19.2. The number of allylic oxidation sites excluding steroid dienone is 1. The van der Waals surface area contributed by atoms with Crippen LogP contribution in [0.2, 0.25) is 12.6 Å². The van der Waals surface area contributed by atoms with Crippen molar-refractivity contribution in [2.75, 3.05) is 19.6 Å². The first-order valence-corrected chi connectivity index (χ1v) is 34.2. The highest BCUT2D eigenvalue weighted by molar-refractivity contribution is 6.45. The number of carbonyl (C=O) groups excluding carboxylic acids is 6. The minimum atomic E-state index is -1.32. The molecule has 4 heterocycles. The maximum atomic E-state index is 14.1. The van der Waals surface area contributed by atoms with Gasteiger partial charge in [0.05, 0.1) is 11.2 Å². The summed E-state index contributed by atoms with van der Waals surface area (Å²) in [7, 11) is -1.66. The van der Waals surface area contributed by atoms with Gasteiger partial charge in [-0.15, -0.1) is 6.58 Å². The lowest BCUT2D eigenvalue weighted by molar-refractivity contribution is -0.145. The van der Waals surface area contributed by atoms with E-state index in [0.29, 0.717) is 77.2 Å². The fourth-order valence-electron chi connectivity index (χ4n) is 16.3. The molecule has 536 valence electrons. The van der Waals surface area contributed by atoms with Gasteiger partial charge in [0, 0.05) is 67.5 Å². The zero-order valence-corrected chi connectivity index (χ0v) is 58.2. The van der Waals surface area contributed by atoms with Crippen LogP contribution in [-0.2, 0) is 56.0 Å². The summed E-state index contributed by atoms with van der Waals surface area (Å²) in [4.78, 5) is 94.6. The van der Waals surface area contributed by atoms with Crippen molar-refractivity contribution in [1.29, 1.82) is 0 Å². The first kappa shape index (κ1) is 80.6. The van der Waals surface area contributed by atoms with Crippen LogP contribution in [0.4, 0.5) is 9.59 Å². The van der Waals surface area contributed by atoms with Crippen molar-refractivity contribution >= 4 is 56.0 Å². The first-order valence-electron chi connectivity index (χ1n) is 34.2. The number of ether oxygens (including phenoxy) is 2. The Morgan fingerprint density at radius 1 is 0.677 bits per heavy atom. The van der Waals surface area contributed by atoms with Crippen molar-refractivity contribution in [2.24, 2.45) is 23.5 Å². The van der Waals surface area contributed by atoms with Gasteiger partial charge in [-0.2, -0.15) is 0 Å². The molecule has 10 N–H and O–H groups in total. The number of hydrogen-bond acceptors (Lipinski definition) is 15. The van der Waals surface area contributed by atoms with Crippen LogP contribution in [0.3, 0.4) is 0 Å². The molecule has 9 rings (SSSR count). The number of aliphatic carboxylic acids is 1. The predicted molar refractivity (Wildman–Crippen MR) is 375 cm³/mol. The van der Waals surface area contributed by atoms with Gasteiger partial charge in [-0.1, -0.05) is 94.4 Å². The zero-order chi connectivity index (χ0) is 69.4. The summed E-state index contributed by atoms with van der Waals surface area (Å²) in [5, 5.41) is 42.9. The molecule has 7 fully saturated rings. The molecule has 0 aromatic heterocycles. The van der Waals surface area contributed by atoms with Crippen LogP contribution in [0.15, 0.2) is 73.3 Å². The molecule has 0 bridgehead atoms. The molecule has 2 aromatic rings. The van der Waals surface area contributed by atoms with Crippen LogP contribution in [0, 0.1) is 17.8 Å². The van der Waals surface area contributed by atoms with Crippen LogP contribution in [0.5, 0.6) is 0 Å². The van der Waals surface area contributed by atoms with Crippen LogP contribution in [-0.4, -0.2) is 156 Å². The van der Waals surface area contributed by atoms with Crippen molar-refractivity contribution in [3.05, 3.63) is 84.4 Å². The smallest absolute Gasteiger partial charge is 0.457 e. The van der Waals surface area contributed by atoms with Gasteiger partial charge in [0.1, 0.15) is 29.8 Å². The number of likely N-dealkylation sites (tertiary alicyclic amines) is 2. The number of nitrogens with one attached hydrogen (secondary N) is 5. The Morgan fingerprint density at radius 2 is 1.12 bits per heavy atom. The lowest BCUT2D eigenvalue weighted by Gasteiger charge is -2.39. The summed E-state index contributed by atoms with van der Waals surface area (Å²) in [6.07, 6.45) is 13.6. The van der Waals surface area contributed by atoms with Crippen molar-refractivity contribution in [3.63, 3.8) is 0 Å². The molecule has 24 heteroatoms. The first-order chi connectivity index (χ1) is 43.9. The van der Waals surface area contributed by atoms with E-state index in [-0.39, 0.29) is 101 Å². The Labute approximate surface area is 573 Å². The van der Waals surface area contributed by atoms with E-state index < -0.39 is 63.1 Å². The highest BCUT2D eigenvalue weighted by Gasteiger charge is 2.65. The molecule has 3 aliphatic carbocycles. The monoisotopic (exact) mass is 1340 g/mol. The molecule has 22 nitrogen and oxygen atoms in total. The SMILES string of the molecule is C.C.C=CCC1CC2(CCCN2C(=O)OCc2ccccc2)CC1(NC(C)=O)C(=O)NC(C)(C)C.CC(=O)NC1(C(=O)NC(C)(C)C)CC2(CCCN2C(=O)OCc2ccccc2)CC1CCCB1OC(C)(C)C(C)(C)O1.NC1(C(=O)O)CC2(CCCN2)CC1CCCB(O)O. The van der Waals surface area contributed by atoms with Gasteiger partial charge in [0.25, 0.3) is 0 Å². The van der Waals surface area contributed by atoms with E-state index in [4.69, 9.17) is 34.6 Å². The van der Waals surface area contributed by atoms with Gasteiger partial charge in [0.2, 0.25) is 23.6 Å². The Morgan fingerprint density at radius 3 is 1.53 bits per heavy atom. The second kappa shape index (κ2) is 32.3. The summed E-state index contributed by atoms with van der Waals surface area (Å²) >= 11 is 0. The van der Waals surface area contributed by atoms with Crippen LogP contribution in [0.1, 0.15) is 218 Å². The summed E-state index contributed by atoms with van der Waals surface area (Å²) in [6, 6.07) is 19.2. The minimum absolute atomic E-state index is 0. The van der Waals surface area contributed by atoms with Gasteiger partial charge >= 0.3 is 32.4 Å². The molecule has 6 amide bonds. The molecule has 2 aromatic carbocycles. The summed E-state index contributed by atoms with van der Waals surface area (Å²) in [5.41, 5.74) is 1.53. The van der Waals surface area contributed by atoms with E-state index in [9.17, 15) is 38.7 Å². The normalized spacial score (nSPS) is 29.1. The summed E-state index contributed by atoms with van der Waals surface area (Å²) in [6.45, 7) is 29.0. The quantitative estimate of drug-likeness (QED) is 0.0467. The largest absolute Gasteiger partial charge is 0.480 e. The summed E-state index contributed by atoms with van der Waals surface area (Å²) < 4.78 is 23.9. The molecule has 3 spiro atoms. The van der Waals surface area contributed by atoms with E-state index in [1.54, 1.807) is 11.0 Å². The predicted octanol–water partition coefficient (Wildman–Crippen LogP) is 9.99. The van der Waals surface area contributed by atoms with E-state index in [1.165, 1.54) is 13.8 Å². The highest BCUT2D eigenvalue weighted by atomic mass is 16.7. The minimum Gasteiger partial charge on any atom is -0.480 e. The molecule has 96 heavy (non-hydrogen) atoms. The van der Waals surface area contributed by atoms with Crippen LogP contribution < -0.4 is 32.3 Å². The van der Waals surface area contributed by atoms with Gasteiger partial charge in [-0.05, 0) is 201 Å². The topological polar surface area (TPSA) is 310 Å². The van der Waals surface area contributed by atoms with Crippen molar-refractivity contribution in [1.82, 2.24) is 36.4 Å². The molecule has 9 atom stereocenters. The maximum Gasteiger partial charge on any atom is 0.457 e. The van der Waals surface area contributed by atoms with Gasteiger partial charge in [0.15, 0.2) is 0 Å². The number of carbonyl (C=O) groups is 7. The highest BCUT2D eigenvalue weighted by Crippen LogP contribution is 2.55. The van der Waals surface area contributed by atoms with Crippen molar-refractivity contribution in [3.8, 4) is 0 Å². The van der Waals surface area contributed by atoms with Gasteiger partial charge < -0.3 is 76.1 Å².